The van der Waals surface area contributed by atoms with Gasteiger partial charge in [-0.1, -0.05) is 42.5 Å². The van der Waals surface area contributed by atoms with Gasteiger partial charge in [0.05, 0.1) is 11.3 Å². The summed E-state index contributed by atoms with van der Waals surface area (Å²) in [6.45, 7) is 2.62. The van der Waals surface area contributed by atoms with Gasteiger partial charge in [0, 0.05) is 25.3 Å². The highest BCUT2D eigenvalue weighted by Gasteiger charge is 2.21. The molecule has 0 amide bonds. The molecule has 1 aromatic heterocycles. The molecule has 3 aromatic rings. The molecule has 1 heterocycles. The van der Waals surface area contributed by atoms with Crippen LogP contribution in [-0.4, -0.2) is 9.36 Å². The van der Waals surface area contributed by atoms with Crippen molar-refractivity contribution in [3.63, 3.8) is 0 Å². The predicted molar refractivity (Wildman–Crippen MR) is 105 cm³/mol. The van der Waals surface area contributed by atoms with E-state index in [0.717, 1.165) is 29.8 Å². The first kappa shape index (κ1) is 16.9. The first-order valence-electron chi connectivity index (χ1n) is 9.31. The summed E-state index contributed by atoms with van der Waals surface area (Å²) in [6, 6.07) is 18.8. The predicted octanol–water partition coefficient (Wildman–Crippen LogP) is 3.65. The zero-order valence-corrected chi connectivity index (χ0v) is 15.4. The summed E-state index contributed by atoms with van der Waals surface area (Å²) in [7, 11) is 1.95. The SMILES string of the molecule is Cc1c(CN[C@H]2CCCc3ccccc32)c(=O)n(-c2ccccc2)n1C. The van der Waals surface area contributed by atoms with E-state index in [1.54, 1.807) is 4.68 Å². The van der Waals surface area contributed by atoms with E-state index in [9.17, 15) is 4.79 Å². The van der Waals surface area contributed by atoms with Crippen LogP contribution < -0.4 is 10.9 Å². The molecule has 2 aromatic carbocycles. The summed E-state index contributed by atoms with van der Waals surface area (Å²) < 4.78 is 3.70. The molecule has 0 unspecified atom stereocenters. The Morgan fingerprint density at radius 3 is 2.62 bits per heavy atom. The van der Waals surface area contributed by atoms with Gasteiger partial charge < -0.3 is 5.32 Å². The normalized spacial score (nSPS) is 16.5. The van der Waals surface area contributed by atoms with Gasteiger partial charge in [-0.2, -0.15) is 0 Å². The van der Waals surface area contributed by atoms with Crippen molar-refractivity contribution in [2.24, 2.45) is 7.05 Å². The van der Waals surface area contributed by atoms with Gasteiger partial charge in [0.1, 0.15) is 0 Å². The lowest BCUT2D eigenvalue weighted by Crippen LogP contribution is -2.28. The number of hydrogen-bond acceptors (Lipinski definition) is 2. The Labute approximate surface area is 154 Å². The number of rotatable bonds is 4. The molecule has 0 saturated heterocycles. The van der Waals surface area contributed by atoms with Crippen molar-refractivity contribution >= 4 is 0 Å². The van der Waals surface area contributed by atoms with Gasteiger partial charge in [-0.25, -0.2) is 4.68 Å². The number of para-hydroxylation sites is 1. The van der Waals surface area contributed by atoms with Gasteiger partial charge in [-0.3, -0.25) is 9.48 Å². The van der Waals surface area contributed by atoms with E-state index in [1.165, 1.54) is 17.5 Å². The van der Waals surface area contributed by atoms with Crippen LogP contribution in [0.2, 0.25) is 0 Å². The molecule has 0 fully saturated rings. The lowest BCUT2D eigenvalue weighted by molar-refractivity contribution is 0.458. The molecule has 0 radical (unpaired) electrons. The lowest BCUT2D eigenvalue weighted by Gasteiger charge is -2.26. The van der Waals surface area contributed by atoms with Crippen molar-refractivity contribution in [2.75, 3.05) is 0 Å². The number of nitrogens with zero attached hydrogens (tertiary/aromatic N) is 2. The van der Waals surface area contributed by atoms with E-state index in [1.807, 2.05) is 49.0 Å². The van der Waals surface area contributed by atoms with Crippen LogP contribution in [0.25, 0.3) is 5.69 Å². The molecule has 1 N–H and O–H groups in total. The highest BCUT2D eigenvalue weighted by atomic mass is 16.1. The third-order valence-corrected chi connectivity index (χ3v) is 5.57. The lowest BCUT2D eigenvalue weighted by atomic mass is 9.87. The number of aromatic nitrogens is 2. The molecule has 4 heteroatoms. The summed E-state index contributed by atoms with van der Waals surface area (Å²) >= 11 is 0. The average Bonchev–Trinajstić information content (AvgIpc) is 2.89. The second-order valence-corrected chi connectivity index (χ2v) is 7.06. The Hall–Kier alpha value is -2.59. The van der Waals surface area contributed by atoms with Crippen LogP contribution in [0.3, 0.4) is 0 Å². The second-order valence-electron chi connectivity index (χ2n) is 7.06. The Morgan fingerprint density at radius 1 is 1.08 bits per heavy atom. The minimum atomic E-state index is 0.0628. The Balaban J connectivity index is 1.62. The van der Waals surface area contributed by atoms with Crippen LogP contribution in [0, 0.1) is 6.92 Å². The van der Waals surface area contributed by atoms with Crippen LogP contribution in [-0.2, 0) is 20.0 Å². The van der Waals surface area contributed by atoms with Crippen LogP contribution in [0.15, 0.2) is 59.4 Å². The van der Waals surface area contributed by atoms with E-state index in [4.69, 9.17) is 0 Å². The van der Waals surface area contributed by atoms with E-state index in [2.05, 4.69) is 29.6 Å². The topological polar surface area (TPSA) is 39.0 Å². The first-order valence-corrected chi connectivity index (χ1v) is 9.31. The molecule has 0 saturated carbocycles. The number of benzene rings is 2. The highest BCUT2D eigenvalue weighted by molar-refractivity contribution is 5.34. The number of fused-ring (bicyclic) bond motifs is 1. The summed E-state index contributed by atoms with van der Waals surface area (Å²) in [6.07, 6.45) is 3.46. The van der Waals surface area contributed by atoms with Crippen LogP contribution in [0.5, 0.6) is 0 Å². The van der Waals surface area contributed by atoms with Crippen molar-refractivity contribution in [3.05, 3.63) is 87.3 Å². The molecule has 4 rings (SSSR count). The molecular formula is C22H25N3O. The zero-order valence-electron chi connectivity index (χ0n) is 15.4. The second kappa shape index (κ2) is 6.96. The fourth-order valence-corrected chi connectivity index (χ4v) is 4.02. The number of hydrogen-bond donors (Lipinski definition) is 1. The minimum absolute atomic E-state index is 0.0628. The Bertz CT molecular complexity index is 969. The number of aryl methyl sites for hydroxylation is 1. The zero-order chi connectivity index (χ0) is 18.1. The molecule has 26 heavy (non-hydrogen) atoms. The molecule has 1 atom stereocenters. The van der Waals surface area contributed by atoms with Gasteiger partial charge in [-0.05, 0) is 49.4 Å². The standard InChI is InChI=1S/C22H25N3O/c1-16-20(22(26)25(24(16)2)18-11-4-3-5-12-18)15-23-21-14-8-10-17-9-6-7-13-19(17)21/h3-7,9,11-13,21,23H,8,10,14-15H2,1-2H3/t21-/m0/s1. The molecule has 0 bridgehead atoms. The van der Waals surface area contributed by atoms with Crippen molar-refractivity contribution in [2.45, 2.75) is 38.8 Å². The maximum Gasteiger partial charge on any atom is 0.276 e. The highest BCUT2D eigenvalue weighted by Crippen LogP contribution is 2.29. The van der Waals surface area contributed by atoms with Crippen LogP contribution in [0.4, 0.5) is 0 Å². The van der Waals surface area contributed by atoms with Gasteiger partial charge in [0.25, 0.3) is 5.56 Å². The molecule has 0 aliphatic heterocycles. The van der Waals surface area contributed by atoms with Crippen molar-refractivity contribution in [1.82, 2.24) is 14.7 Å². The molecular weight excluding hydrogens is 322 g/mol. The smallest absolute Gasteiger partial charge is 0.276 e. The van der Waals surface area contributed by atoms with Crippen molar-refractivity contribution < 1.29 is 0 Å². The van der Waals surface area contributed by atoms with Gasteiger partial charge in [0.2, 0.25) is 0 Å². The molecule has 1 aliphatic carbocycles. The average molecular weight is 347 g/mol. The minimum Gasteiger partial charge on any atom is -0.306 e. The fourth-order valence-electron chi connectivity index (χ4n) is 4.02. The summed E-state index contributed by atoms with van der Waals surface area (Å²) in [4.78, 5) is 13.0. The fraction of sp³-hybridized carbons (Fsp3) is 0.318. The Kier molecular flexibility index (Phi) is 4.51. The van der Waals surface area contributed by atoms with E-state index < -0.39 is 0 Å². The van der Waals surface area contributed by atoms with Gasteiger partial charge >= 0.3 is 0 Å². The maximum atomic E-state index is 13.0. The molecule has 1 aliphatic rings. The molecule has 0 spiro atoms. The molecule has 134 valence electrons. The van der Waals surface area contributed by atoms with E-state index in [-0.39, 0.29) is 5.56 Å². The van der Waals surface area contributed by atoms with E-state index in [0.29, 0.717) is 12.6 Å². The third-order valence-electron chi connectivity index (χ3n) is 5.57. The summed E-state index contributed by atoms with van der Waals surface area (Å²) in [5, 5.41) is 3.64. The molecule has 4 nitrogen and oxygen atoms in total. The maximum absolute atomic E-state index is 13.0. The monoisotopic (exact) mass is 347 g/mol. The van der Waals surface area contributed by atoms with Crippen LogP contribution in [0.1, 0.15) is 41.3 Å². The Morgan fingerprint density at radius 2 is 1.81 bits per heavy atom. The number of nitrogens with one attached hydrogen (secondary N) is 1. The van der Waals surface area contributed by atoms with Crippen molar-refractivity contribution in [1.29, 1.82) is 0 Å². The van der Waals surface area contributed by atoms with E-state index >= 15 is 0 Å². The van der Waals surface area contributed by atoms with Gasteiger partial charge in [0.15, 0.2) is 0 Å². The van der Waals surface area contributed by atoms with Gasteiger partial charge in [-0.15, -0.1) is 0 Å². The largest absolute Gasteiger partial charge is 0.306 e. The van der Waals surface area contributed by atoms with Crippen molar-refractivity contribution in [3.8, 4) is 5.69 Å². The quantitative estimate of drug-likeness (QED) is 0.782. The third kappa shape index (κ3) is 2.90. The van der Waals surface area contributed by atoms with Crippen LogP contribution >= 0.6 is 0 Å². The first-order chi connectivity index (χ1) is 12.7. The summed E-state index contributed by atoms with van der Waals surface area (Å²) in [5.41, 5.74) is 5.64. The summed E-state index contributed by atoms with van der Waals surface area (Å²) in [5.74, 6) is 0.